The van der Waals surface area contributed by atoms with E-state index in [0.29, 0.717) is 23.9 Å². The minimum atomic E-state index is -0.901. The minimum absolute atomic E-state index is 0. The van der Waals surface area contributed by atoms with E-state index in [1.807, 2.05) is 0 Å². The Kier molecular flexibility index (Phi) is 10.6. The van der Waals surface area contributed by atoms with E-state index >= 15 is 0 Å². The molecule has 3 aromatic rings. The van der Waals surface area contributed by atoms with Crippen LogP contribution in [0.25, 0.3) is 22.5 Å². The first-order chi connectivity index (χ1) is 14.5. The Morgan fingerprint density at radius 2 is 1.25 bits per heavy atom. The van der Waals surface area contributed by atoms with E-state index in [9.17, 15) is 17.6 Å². The Hall–Kier alpha value is -2.19. The van der Waals surface area contributed by atoms with Gasteiger partial charge in [0.25, 0.3) is 0 Å². The van der Waals surface area contributed by atoms with Gasteiger partial charge in [-0.2, -0.15) is 0 Å². The largest absolute Gasteiger partial charge is 0.393 e. The maximum Gasteiger partial charge on any atom is 0.126 e. The Morgan fingerprint density at radius 1 is 0.781 bits per heavy atom. The van der Waals surface area contributed by atoms with Crippen molar-refractivity contribution >= 4 is 0 Å². The standard InChI is InChI=1S/C18H11F4N2.C5H12O2.Ir/c1-9-10(2)24-18(12-5-15(21)8-16(22)6-12)17(23-9)11-3-13(19)7-14(20)4-11;1-4(6)3-5(2)7;/h3-5,7-8H,1-2H3;4-7H,3H2,1-2H3;/q-1;;. The number of rotatable bonds is 4. The molecule has 0 amide bonds. The number of aryl methyl sites for hydroxylation is 2. The molecule has 0 aliphatic carbocycles. The van der Waals surface area contributed by atoms with Crippen LogP contribution in [0, 0.1) is 43.2 Å². The molecule has 32 heavy (non-hydrogen) atoms. The van der Waals surface area contributed by atoms with Gasteiger partial charge in [0.2, 0.25) is 0 Å². The van der Waals surface area contributed by atoms with E-state index in [4.69, 9.17) is 10.2 Å². The summed E-state index contributed by atoms with van der Waals surface area (Å²) in [5.74, 6) is -3.28. The molecule has 1 radical (unpaired) electrons. The average Bonchev–Trinajstić information content (AvgIpc) is 2.61. The van der Waals surface area contributed by atoms with Gasteiger partial charge in [-0.3, -0.25) is 9.97 Å². The quantitative estimate of drug-likeness (QED) is 0.319. The second-order valence-corrected chi connectivity index (χ2v) is 7.24. The molecule has 9 heteroatoms. The second kappa shape index (κ2) is 12.2. The molecule has 3 rings (SSSR count). The van der Waals surface area contributed by atoms with E-state index < -0.39 is 23.3 Å². The van der Waals surface area contributed by atoms with Crippen molar-refractivity contribution in [3.05, 3.63) is 71.1 Å². The third-order valence-corrected chi connectivity index (χ3v) is 4.18. The van der Waals surface area contributed by atoms with Crippen molar-refractivity contribution in [2.45, 2.75) is 46.3 Å². The van der Waals surface area contributed by atoms with Crippen molar-refractivity contribution in [2.75, 3.05) is 0 Å². The van der Waals surface area contributed by atoms with Gasteiger partial charge in [0, 0.05) is 49.2 Å². The monoisotopic (exact) mass is 628 g/mol. The van der Waals surface area contributed by atoms with Crippen LogP contribution in [0.15, 0.2) is 30.3 Å². The number of benzene rings is 2. The Balaban J connectivity index is 0.000000558. The number of halogens is 4. The van der Waals surface area contributed by atoms with E-state index in [2.05, 4.69) is 16.0 Å². The molecule has 0 aliphatic rings. The number of hydrogen-bond donors (Lipinski definition) is 2. The van der Waals surface area contributed by atoms with Crippen molar-refractivity contribution in [1.29, 1.82) is 0 Å². The molecule has 1 heterocycles. The molecule has 2 atom stereocenters. The van der Waals surface area contributed by atoms with Gasteiger partial charge in [0.15, 0.2) is 0 Å². The summed E-state index contributed by atoms with van der Waals surface area (Å²) in [6.45, 7) is 6.68. The van der Waals surface area contributed by atoms with Gasteiger partial charge in [-0.15, -0.1) is 17.7 Å². The fourth-order valence-electron chi connectivity index (χ4n) is 2.81. The maximum absolute atomic E-state index is 13.5. The fraction of sp³-hybridized carbons (Fsp3) is 0.304. The molecule has 4 nitrogen and oxygen atoms in total. The normalized spacial score (nSPS) is 12.3. The predicted octanol–water partition coefficient (Wildman–Crippen LogP) is 4.92. The average molecular weight is 628 g/mol. The topological polar surface area (TPSA) is 66.2 Å². The SMILES string of the molecule is CC(O)CC(C)O.Cc1nc(-c2[c-]c(F)cc(F)c2)c(-c2cc(F)cc(F)c2)nc1C.[Ir]. The van der Waals surface area contributed by atoms with Crippen molar-refractivity contribution in [3.8, 4) is 22.5 Å². The van der Waals surface area contributed by atoms with Gasteiger partial charge in [0.05, 0.1) is 23.6 Å². The first-order valence-electron chi connectivity index (χ1n) is 9.52. The molecule has 0 saturated heterocycles. The van der Waals surface area contributed by atoms with Crippen LogP contribution in [0.2, 0.25) is 0 Å². The zero-order chi connectivity index (χ0) is 23.3. The summed E-state index contributed by atoms with van der Waals surface area (Å²) in [6, 6.07) is 6.97. The van der Waals surface area contributed by atoms with Crippen molar-refractivity contribution in [3.63, 3.8) is 0 Å². The van der Waals surface area contributed by atoms with Crippen molar-refractivity contribution in [1.82, 2.24) is 9.97 Å². The molecule has 1 aromatic heterocycles. The minimum Gasteiger partial charge on any atom is -0.393 e. The molecule has 2 N–H and O–H groups in total. The molecule has 0 bridgehead atoms. The Labute approximate surface area is 197 Å². The van der Waals surface area contributed by atoms with E-state index in [-0.39, 0.29) is 54.8 Å². The van der Waals surface area contributed by atoms with Gasteiger partial charge in [0.1, 0.15) is 11.6 Å². The van der Waals surface area contributed by atoms with Gasteiger partial charge in [-0.1, -0.05) is 6.07 Å². The third-order valence-electron chi connectivity index (χ3n) is 4.18. The van der Waals surface area contributed by atoms with Crippen LogP contribution in [0.3, 0.4) is 0 Å². The Bertz CT molecular complexity index is 939. The van der Waals surface area contributed by atoms with Crippen molar-refractivity contribution < 1.29 is 47.9 Å². The van der Waals surface area contributed by atoms with Gasteiger partial charge < -0.3 is 10.2 Å². The maximum atomic E-state index is 13.5. The van der Waals surface area contributed by atoms with Gasteiger partial charge in [-0.05, 0) is 51.8 Å². The van der Waals surface area contributed by atoms with Crippen LogP contribution in [-0.2, 0) is 20.1 Å². The van der Waals surface area contributed by atoms with Crippen LogP contribution in [-0.4, -0.2) is 32.4 Å². The van der Waals surface area contributed by atoms with Gasteiger partial charge in [-0.25, -0.2) is 17.6 Å². The summed E-state index contributed by atoms with van der Waals surface area (Å²) < 4.78 is 54.1. The third kappa shape index (κ3) is 8.06. The number of hydrogen-bond acceptors (Lipinski definition) is 4. The van der Waals surface area contributed by atoms with Crippen LogP contribution in [0.4, 0.5) is 17.6 Å². The molecule has 175 valence electrons. The molecule has 0 fully saturated rings. The number of aliphatic hydroxyl groups excluding tert-OH is 2. The second-order valence-electron chi connectivity index (χ2n) is 7.24. The fourth-order valence-corrected chi connectivity index (χ4v) is 2.81. The van der Waals surface area contributed by atoms with Crippen LogP contribution < -0.4 is 0 Å². The van der Waals surface area contributed by atoms with Crippen LogP contribution in [0.1, 0.15) is 31.7 Å². The van der Waals surface area contributed by atoms with Gasteiger partial charge >= 0.3 is 0 Å². The summed E-state index contributed by atoms with van der Waals surface area (Å²) in [4.78, 5) is 8.59. The van der Waals surface area contributed by atoms with Crippen LogP contribution >= 0.6 is 0 Å². The number of aliphatic hydroxyl groups is 2. The summed E-state index contributed by atoms with van der Waals surface area (Å²) >= 11 is 0. The van der Waals surface area contributed by atoms with Crippen LogP contribution in [0.5, 0.6) is 0 Å². The van der Waals surface area contributed by atoms with E-state index in [1.165, 1.54) is 0 Å². The molecule has 2 unspecified atom stereocenters. The summed E-state index contributed by atoms with van der Waals surface area (Å²) in [6.07, 6.45) is -0.278. The number of aromatic nitrogens is 2. The summed E-state index contributed by atoms with van der Waals surface area (Å²) in [5.41, 5.74) is 1.43. The van der Waals surface area contributed by atoms with E-state index in [1.54, 1.807) is 27.7 Å². The molecular weight excluding hydrogens is 604 g/mol. The predicted molar refractivity (Wildman–Crippen MR) is 109 cm³/mol. The number of nitrogens with zero attached hydrogens (tertiary/aromatic N) is 2. The summed E-state index contributed by atoms with van der Waals surface area (Å²) in [7, 11) is 0. The van der Waals surface area contributed by atoms with Crippen molar-refractivity contribution in [2.24, 2.45) is 0 Å². The zero-order valence-electron chi connectivity index (χ0n) is 17.9. The first-order valence-corrected chi connectivity index (χ1v) is 9.52. The van der Waals surface area contributed by atoms with E-state index in [0.717, 1.165) is 24.3 Å². The molecule has 0 spiro atoms. The zero-order valence-corrected chi connectivity index (χ0v) is 20.3. The molecule has 0 saturated carbocycles. The molecular formula is C23H23F4IrN2O2-. The first kappa shape index (κ1) is 27.8. The Morgan fingerprint density at radius 3 is 1.69 bits per heavy atom. The summed E-state index contributed by atoms with van der Waals surface area (Å²) in [5, 5.41) is 17.1. The molecule has 2 aromatic carbocycles. The smallest absolute Gasteiger partial charge is 0.126 e. The molecule has 0 aliphatic heterocycles.